The number of morpholine rings is 1. The van der Waals surface area contributed by atoms with Crippen LogP contribution in [0.4, 0.5) is 11.5 Å². The van der Waals surface area contributed by atoms with Crippen molar-refractivity contribution >= 4 is 23.1 Å². The number of nitrogen functional groups attached to an aromatic ring is 1. The highest BCUT2D eigenvalue weighted by atomic mass is 16.5. The van der Waals surface area contributed by atoms with Crippen molar-refractivity contribution in [3.05, 3.63) is 48.3 Å². The second-order valence-electron chi connectivity index (χ2n) is 6.87. The Bertz CT molecular complexity index is 992. The van der Waals surface area contributed by atoms with Crippen molar-refractivity contribution in [2.45, 2.75) is 13.3 Å². The van der Waals surface area contributed by atoms with Gasteiger partial charge in [0.05, 0.1) is 13.2 Å². The third-order valence-corrected chi connectivity index (χ3v) is 4.97. The highest BCUT2D eigenvalue weighted by Crippen LogP contribution is 2.30. The van der Waals surface area contributed by atoms with Crippen LogP contribution in [0.3, 0.4) is 0 Å². The molecular formula is C21H25N5O2. The van der Waals surface area contributed by atoms with E-state index in [1.165, 1.54) is 0 Å². The van der Waals surface area contributed by atoms with Crippen LogP contribution in [0.2, 0.25) is 0 Å². The minimum Gasteiger partial charge on any atom is -0.383 e. The number of benzene rings is 1. The molecule has 0 atom stereocenters. The Balaban J connectivity index is 1.74. The standard InChI is InChI=1S/C21H25N5O2/c1-2-8-23-21(27)18-19(22)26-9-4-7-17(20(26)24-18)15-5-3-6-16(14-15)25-10-12-28-13-11-25/h3-7,9,14H,2,8,10-13,22H2,1H3,(H,23,27). The van der Waals surface area contributed by atoms with Crippen LogP contribution in [0.15, 0.2) is 42.6 Å². The van der Waals surface area contributed by atoms with Crippen LogP contribution in [-0.4, -0.2) is 48.1 Å². The van der Waals surface area contributed by atoms with Gasteiger partial charge in [-0.1, -0.05) is 19.1 Å². The Morgan fingerprint density at radius 3 is 2.86 bits per heavy atom. The van der Waals surface area contributed by atoms with Crippen LogP contribution in [0.25, 0.3) is 16.8 Å². The van der Waals surface area contributed by atoms with Gasteiger partial charge in [-0.15, -0.1) is 0 Å². The molecule has 0 spiro atoms. The Labute approximate surface area is 164 Å². The molecule has 0 saturated carbocycles. The predicted molar refractivity (Wildman–Crippen MR) is 111 cm³/mol. The SMILES string of the molecule is CCCNC(=O)c1nc2c(-c3cccc(N4CCOCC4)c3)cccn2c1N. The van der Waals surface area contributed by atoms with Gasteiger partial charge in [-0.2, -0.15) is 0 Å². The fourth-order valence-corrected chi connectivity index (χ4v) is 3.49. The zero-order valence-electron chi connectivity index (χ0n) is 16.0. The van der Waals surface area contributed by atoms with Gasteiger partial charge < -0.3 is 20.7 Å². The van der Waals surface area contributed by atoms with E-state index in [1.54, 1.807) is 4.40 Å². The van der Waals surface area contributed by atoms with E-state index in [2.05, 4.69) is 33.4 Å². The molecule has 1 aromatic carbocycles. The normalized spacial score (nSPS) is 14.4. The first-order valence-corrected chi connectivity index (χ1v) is 9.67. The number of imidazole rings is 1. The van der Waals surface area contributed by atoms with Gasteiger partial charge in [-0.25, -0.2) is 4.98 Å². The Morgan fingerprint density at radius 1 is 1.25 bits per heavy atom. The van der Waals surface area contributed by atoms with E-state index in [0.717, 1.165) is 49.5 Å². The average molecular weight is 379 g/mol. The monoisotopic (exact) mass is 379 g/mol. The maximum atomic E-state index is 12.4. The number of carbonyl (C=O) groups excluding carboxylic acids is 1. The summed E-state index contributed by atoms with van der Waals surface area (Å²) in [6.45, 7) is 5.85. The number of hydrogen-bond donors (Lipinski definition) is 2. The molecule has 3 N–H and O–H groups in total. The molecule has 2 aromatic heterocycles. The quantitative estimate of drug-likeness (QED) is 0.712. The summed E-state index contributed by atoms with van der Waals surface area (Å²) in [6.07, 6.45) is 2.70. The third kappa shape index (κ3) is 3.41. The van der Waals surface area contributed by atoms with E-state index in [9.17, 15) is 4.79 Å². The minimum atomic E-state index is -0.240. The molecule has 1 aliphatic heterocycles. The number of hydrogen-bond acceptors (Lipinski definition) is 5. The molecule has 1 aliphatic rings. The molecule has 1 fully saturated rings. The number of nitrogens with zero attached hydrogens (tertiary/aromatic N) is 3. The van der Waals surface area contributed by atoms with E-state index in [0.29, 0.717) is 18.0 Å². The van der Waals surface area contributed by atoms with Crippen molar-refractivity contribution in [1.82, 2.24) is 14.7 Å². The highest BCUT2D eigenvalue weighted by molar-refractivity contribution is 5.98. The summed E-state index contributed by atoms with van der Waals surface area (Å²) >= 11 is 0. The topological polar surface area (TPSA) is 84.9 Å². The molecule has 1 saturated heterocycles. The molecule has 28 heavy (non-hydrogen) atoms. The molecule has 7 heteroatoms. The van der Waals surface area contributed by atoms with Crippen molar-refractivity contribution in [2.24, 2.45) is 0 Å². The molecule has 3 aromatic rings. The number of rotatable bonds is 5. The fraction of sp³-hybridized carbons (Fsp3) is 0.333. The number of ether oxygens (including phenoxy) is 1. The summed E-state index contributed by atoms with van der Waals surface area (Å²) in [5.41, 5.74) is 10.3. The van der Waals surface area contributed by atoms with E-state index in [4.69, 9.17) is 10.5 Å². The van der Waals surface area contributed by atoms with Gasteiger partial charge in [0, 0.05) is 37.1 Å². The lowest BCUT2D eigenvalue weighted by Gasteiger charge is -2.29. The van der Waals surface area contributed by atoms with Crippen molar-refractivity contribution in [3.63, 3.8) is 0 Å². The highest BCUT2D eigenvalue weighted by Gasteiger charge is 2.19. The lowest BCUT2D eigenvalue weighted by molar-refractivity contribution is 0.0950. The first-order chi connectivity index (χ1) is 13.7. The number of aromatic nitrogens is 2. The second-order valence-corrected chi connectivity index (χ2v) is 6.87. The van der Waals surface area contributed by atoms with Gasteiger partial charge in [-0.05, 0) is 36.2 Å². The molecule has 4 rings (SSSR count). The smallest absolute Gasteiger partial charge is 0.273 e. The first kappa shape index (κ1) is 18.3. The molecule has 0 radical (unpaired) electrons. The van der Waals surface area contributed by atoms with Crippen LogP contribution in [0.5, 0.6) is 0 Å². The van der Waals surface area contributed by atoms with Gasteiger partial charge in [0.2, 0.25) is 0 Å². The summed E-state index contributed by atoms with van der Waals surface area (Å²) in [4.78, 5) is 19.3. The number of nitrogens with one attached hydrogen (secondary N) is 1. The number of fused-ring (bicyclic) bond motifs is 1. The van der Waals surface area contributed by atoms with E-state index < -0.39 is 0 Å². The maximum Gasteiger partial charge on any atom is 0.273 e. The third-order valence-electron chi connectivity index (χ3n) is 4.97. The molecular weight excluding hydrogens is 354 g/mol. The number of nitrogens with two attached hydrogens (primary N) is 1. The van der Waals surface area contributed by atoms with Gasteiger partial charge in [0.1, 0.15) is 11.5 Å². The van der Waals surface area contributed by atoms with Gasteiger partial charge in [0.25, 0.3) is 5.91 Å². The van der Waals surface area contributed by atoms with Crippen LogP contribution in [0, 0.1) is 0 Å². The predicted octanol–water partition coefficient (Wildman–Crippen LogP) is 2.56. The Morgan fingerprint density at radius 2 is 2.07 bits per heavy atom. The Kier molecular flexibility index (Phi) is 5.16. The zero-order valence-corrected chi connectivity index (χ0v) is 16.0. The molecule has 1 amide bonds. The summed E-state index contributed by atoms with van der Waals surface area (Å²) in [5.74, 6) is 0.117. The van der Waals surface area contributed by atoms with Crippen LogP contribution >= 0.6 is 0 Å². The number of anilines is 2. The molecule has 0 bridgehead atoms. The maximum absolute atomic E-state index is 12.4. The Hall–Kier alpha value is -3.06. The summed E-state index contributed by atoms with van der Waals surface area (Å²) in [5, 5.41) is 2.85. The van der Waals surface area contributed by atoms with Gasteiger partial charge >= 0.3 is 0 Å². The van der Waals surface area contributed by atoms with Gasteiger partial charge in [-0.3, -0.25) is 9.20 Å². The van der Waals surface area contributed by atoms with E-state index in [1.807, 2.05) is 31.3 Å². The molecule has 0 aliphatic carbocycles. The zero-order chi connectivity index (χ0) is 19.5. The summed E-state index contributed by atoms with van der Waals surface area (Å²) in [7, 11) is 0. The largest absolute Gasteiger partial charge is 0.383 e. The molecule has 146 valence electrons. The summed E-state index contributed by atoms with van der Waals surface area (Å²) < 4.78 is 7.23. The van der Waals surface area contributed by atoms with Crippen LogP contribution in [-0.2, 0) is 4.74 Å². The first-order valence-electron chi connectivity index (χ1n) is 9.67. The molecule has 7 nitrogen and oxygen atoms in total. The van der Waals surface area contributed by atoms with Crippen molar-refractivity contribution < 1.29 is 9.53 Å². The number of pyridine rings is 1. The number of amides is 1. The minimum absolute atomic E-state index is 0.240. The number of carbonyl (C=O) groups is 1. The average Bonchev–Trinajstić information content (AvgIpc) is 3.09. The summed E-state index contributed by atoms with van der Waals surface area (Å²) in [6, 6.07) is 12.3. The van der Waals surface area contributed by atoms with Crippen molar-refractivity contribution in [1.29, 1.82) is 0 Å². The molecule has 0 unspecified atom stereocenters. The second kappa shape index (κ2) is 7.90. The van der Waals surface area contributed by atoms with Crippen molar-refractivity contribution in [2.75, 3.05) is 43.5 Å². The van der Waals surface area contributed by atoms with E-state index >= 15 is 0 Å². The lowest BCUT2D eigenvalue weighted by atomic mass is 10.1. The van der Waals surface area contributed by atoms with Gasteiger partial charge in [0.15, 0.2) is 5.69 Å². The fourth-order valence-electron chi connectivity index (χ4n) is 3.49. The van der Waals surface area contributed by atoms with E-state index in [-0.39, 0.29) is 11.6 Å². The van der Waals surface area contributed by atoms with Crippen molar-refractivity contribution in [3.8, 4) is 11.1 Å². The lowest BCUT2D eigenvalue weighted by Crippen LogP contribution is -2.36. The van der Waals surface area contributed by atoms with Crippen LogP contribution < -0.4 is 16.0 Å². The van der Waals surface area contributed by atoms with Crippen LogP contribution in [0.1, 0.15) is 23.8 Å². The molecule has 3 heterocycles.